The van der Waals surface area contributed by atoms with E-state index in [0.29, 0.717) is 0 Å². The minimum Gasteiger partial charge on any atom is -0.328 e. The maximum Gasteiger partial charge on any atom is 0.146 e. The van der Waals surface area contributed by atoms with Crippen LogP contribution in [0.15, 0.2) is 0 Å². The highest BCUT2D eigenvalue weighted by atomic mass is 16.1. The summed E-state index contributed by atoms with van der Waals surface area (Å²) in [5.74, 6) is 0.239. The molecule has 0 aliphatic carbocycles. The third-order valence-electron chi connectivity index (χ3n) is 2.38. The number of rotatable bonds is 1. The van der Waals surface area contributed by atoms with Crippen LogP contribution in [-0.2, 0) is 4.79 Å². The van der Waals surface area contributed by atoms with Crippen LogP contribution in [0.25, 0.3) is 0 Å². The molecular formula is C8H16N2O. The number of likely N-dealkylation sites (N-methyl/N-ethyl adjacent to an activating group) is 1. The third kappa shape index (κ3) is 2.01. The fourth-order valence-corrected chi connectivity index (χ4v) is 1.59. The first-order valence-corrected chi connectivity index (χ1v) is 4.07. The van der Waals surface area contributed by atoms with E-state index in [1.54, 1.807) is 6.92 Å². The van der Waals surface area contributed by atoms with Gasteiger partial charge in [0.05, 0.1) is 6.04 Å². The van der Waals surface area contributed by atoms with Gasteiger partial charge in [-0.15, -0.1) is 0 Å². The summed E-state index contributed by atoms with van der Waals surface area (Å²) in [6.45, 7) is 2.59. The van der Waals surface area contributed by atoms with E-state index >= 15 is 0 Å². The summed E-state index contributed by atoms with van der Waals surface area (Å²) in [5, 5.41) is 0. The molecule has 2 unspecified atom stereocenters. The van der Waals surface area contributed by atoms with Gasteiger partial charge in [0, 0.05) is 12.6 Å². The zero-order valence-electron chi connectivity index (χ0n) is 7.21. The highest BCUT2D eigenvalue weighted by Gasteiger charge is 2.26. The molecule has 0 aromatic heterocycles. The lowest BCUT2D eigenvalue weighted by molar-refractivity contribution is -0.122. The second-order valence-electron chi connectivity index (χ2n) is 3.39. The molecule has 2 atom stereocenters. The number of carbonyl (C=O) groups is 1. The average Bonchev–Trinajstić information content (AvgIpc) is 1.94. The Bertz CT molecular complexity index is 158. The standard InChI is InChI=1S/C8H16N2O/c1-6(11)8-5-7(9)3-4-10(8)2/h7-8H,3-5,9H2,1-2H3. The van der Waals surface area contributed by atoms with E-state index in [1.807, 2.05) is 7.05 Å². The Morgan fingerprint density at radius 2 is 2.27 bits per heavy atom. The van der Waals surface area contributed by atoms with E-state index in [4.69, 9.17) is 5.73 Å². The minimum absolute atomic E-state index is 0.0683. The Morgan fingerprint density at radius 3 is 2.73 bits per heavy atom. The molecule has 2 N–H and O–H groups in total. The second-order valence-corrected chi connectivity index (χ2v) is 3.39. The normalized spacial score (nSPS) is 33.7. The van der Waals surface area contributed by atoms with Gasteiger partial charge in [-0.2, -0.15) is 0 Å². The van der Waals surface area contributed by atoms with Crippen molar-refractivity contribution in [2.24, 2.45) is 5.73 Å². The SMILES string of the molecule is CC(=O)C1CC(N)CCN1C. The van der Waals surface area contributed by atoms with Crippen LogP contribution in [0.2, 0.25) is 0 Å². The molecule has 1 aliphatic rings. The van der Waals surface area contributed by atoms with Crippen molar-refractivity contribution in [3.05, 3.63) is 0 Å². The van der Waals surface area contributed by atoms with Crippen molar-refractivity contribution in [1.29, 1.82) is 0 Å². The van der Waals surface area contributed by atoms with Crippen LogP contribution in [0, 0.1) is 0 Å². The summed E-state index contributed by atoms with van der Waals surface area (Å²) in [7, 11) is 1.98. The van der Waals surface area contributed by atoms with Crippen LogP contribution in [0.3, 0.4) is 0 Å². The van der Waals surface area contributed by atoms with Crippen LogP contribution >= 0.6 is 0 Å². The molecule has 0 bridgehead atoms. The van der Waals surface area contributed by atoms with Crippen LogP contribution in [0.5, 0.6) is 0 Å². The van der Waals surface area contributed by atoms with Crippen molar-refractivity contribution < 1.29 is 4.79 Å². The molecule has 1 rings (SSSR count). The van der Waals surface area contributed by atoms with E-state index in [2.05, 4.69) is 4.90 Å². The molecule has 11 heavy (non-hydrogen) atoms. The number of Topliss-reactive ketones (excluding diaryl/α,β-unsaturated/α-hetero) is 1. The Hall–Kier alpha value is -0.410. The zero-order chi connectivity index (χ0) is 8.43. The van der Waals surface area contributed by atoms with E-state index in [1.165, 1.54) is 0 Å². The summed E-state index contributed by atoms with van der Waals surface area (Å²) in [6.07, 6.45) is 1.84. The number of nitrogens with zero attached hydrogens (tertiary/aromatic N) is 1. The van der Waals surface area contributed by atoms with Crippen LogP contribution in [0.4, 0.5) is 0 Å². The van der Waals surface area contributed by atoms with Gasteiger partial charge in [0.25, 0.3) is 0 Å². The van der Waals surface area contributed by atoms with Gasteiger partial charge < -0.3 is 5.73 Å². The van der Waals surface area contributed by atoms with E-state index in [9.17, 15) is 4.79 Å². The van der Waals surface area contributed by atoms with E-state index in [-0.39, 0.29) is 17.9 Å². The van der Waals surface area contributed by atoms with Crippen molar-refractivity contribution in [2.45, 2.75) is 31.8 Å². The molecule has 0 aromatic rings. The van der Waals surface area contributed by atoms with Crippen molar-refractivity contribution in [3.63, 3.8) is 0 Å². The van der Waals surface area contributed by atoms with Gasteiger partial charge in [-0.25, -0.2) is 0 Å². The number of likely N-dealkylation sites (tertiary alicyclic amines) is 1. The molecule has 3 nitrogen and oxygen atoms in total. The lowest BCUT2D eigenvalue weighted by atomic mass is 9.96. The first-order chi connectivity index (χ1) is 5.11. The second kappa shape index (κ2) is 3.32. The molecule has 1 fully saturated rings. The van der Waals surface area contributed by atoms with Crippen molar-refractivity contribution in [2.75, 3.05) is 13.6 Å². The first-order valence-electron chi connectivity index (χ1n) is 4.07. The smallest absolute Gasteiger partial charge is 0.146 e. The molecule has 1 heterocycles. The number of carbonyl (C=O) groups excluding carboxylic acids is 1. The van der Waals surface area contributed by atoms with Crippen LogP contribution < -0.4 is 5.73 Å². The summed E-state index contributed by atoms with van der Waals surface area (Å²) < 4.78 is 0. The molecule has 0 radical (unpaired) electrons. The Labute approximate surface area is 67.5 Å². The molecule has 0 spiro atoms. The fourth-order valence-electron chi connectivity index (χ4n) is 1.59. The summed E-state index contributed by atoms with van der Waals surface area (Å²) in [6, 6.07) is 0.291. The van der Waals surface area contributed by atoms with Gasteiger partial charge >= 0.3 is 0 Å². The minimum atomic E-state index is 0.0683. The maximum atomic E-state index is 11.1. The van der Waals surface area contributed by atoms with E-state index in [0.717, 1.165) is 19.4 Å². The summed E-state index contributed by atoms with van der Waals surface area (Å²) >= 11 is 0. The van der Waals surface area contributed by atoms with Crippen molar-refractivity contribution in [3.8, 4) is 0 Å². The molecule has 1 aliphatic heterocycles. The highest BCUT2D eigenvalue weighted by molar-refractivity contribution is 5.81. The molecule has 64 valence electrons. The average molecular weight is 156 g/mol. The topological polar surface area (TPSA) is 46.3 Å². The van der Waals surface area contributed by atoms with Crippen LogP contribution in [-0.4, -0.2) is 36.4 Å². The van der Waals surface area contributed by atoms with Gasteiger partial charge in [-0.1, -0.05) is 0 Å². The number of hydrogen-bond acceptors (Lipinski definition) is 3. The Balaban J connectivity index is 2.54. The number of nitrogens with two attached hydrogens (primary N) is 1. The number of ketones is 1. The Morgan fingerprint density at radius 1 is 1.64 bits per heavy atom. The first kappa shape index (κ1) is 8.68. The quantitative estimate of drug-likeness (QED) is 0.581. The van der Waals surface area contributed by atoms with Crippen LogP contribution in [0.1, 0.15) is 19.8 Å². The van der Waals surface area contributed by atoms with Gasteiger partial charge in [-0.3, -0.25) is 9.69 Å². The van der Waals surface area contributed by atoms with Gasteiger partial charge in [0.1, 0.15) is 5.78 Å². The molecular weight excluding hydrogens is 140 g/mol. The molecule has 3 heteroatoms. The predicted octanol–water partition coefficient (Wildman–Crippen LogP) is -0.00310. The molecule has 0 amide bonds. The van der Waals surface area contributed by atoms with E-state index < -0.39 is 0 Å². The maximum absolute atomic E-state index is 11.1. The summed E-state index contributed by atoms with van der Waals surface area (Å²) in [4.78, 5) is 13.1. The summed E-state index contributed by atoms with van der Waals surface area (Å²) in [5.41, 5.74) is 5.75. The lowest BCUT2D eigenvalue weighted by Crippen LogP contribution is -2.48. The number of piperidine rings is 1. The fraction of sp³-hybridized carbons (Fsp3) is 0.875. The third-order valence-corrected chi connectivity index (χ3v) is 2.38. The predicted molar refractivity (Wildman–Crippen MR) is 44.3 cm³/mol. The lowest BCUT2D eigenvalue weighted by Gasteiger charge is -2.33. The highest BCUT2D eigenvalue weighted by Crippen LogP contribution is 2.14. The van der Waals surface area contributed by atoms with Crippen molar-refractivity contribution in [1.82, 2.24) is 4.90 Å². The Kier molecular flexibility index (Phi) is 2.62. The van der Waals surface area contributed by atoms with Gasteiger partial charge in [-0.05, 0) is 26.8 Å². The van der Waals surface area contributed by atoms with Gasteiger partial charge in [0.2, 0.25) is 0 Å². The van der Waals surface area contributed by atoms with Gasteiger partial charge in [0.15, 0.2) is 0 Å². The zero-order valence-corrected chi connectivity index (χ0v) is 7.21. The molecule has 0 aromatic carbocycles. The molecule has 0 saturated carbocycles. The van der Waals surface area contributed by atoms with Crippen molar-refractivity contribution >= 4 is 5.78 Å². The number of hydrogen-bond donors (Lipinski definition) is 1. The molecule has 1 saturated heterocycles. The monoisotopic (exact) mass is 156 g/mol. The largest absolute Gasteiger partial charge is 0.328 e.